The van der Waals surface area contributed by atoms with Crippen molar-refractivity contribution in [2.75, 3.05) is 6.54 Å². The van der Waals surface area contributed by atoms with Gasteiger partial charge in [-0.05, 0) is 37.3 Å². The molecule has 0 saturated carbocycles. The summed E-state index contributed by atoms with van der Waals surface area (Å²) in [5.74, 6) is 1.09. The molecule has 24 heavy (non-hydrogen) atoms. The number of aliphatic hydroxyl groups excluding tert-OH is 1. The van der Waals surface area contributed by atoms with Crippen molar-refractivity contribution in [2.24, 2.45) is 11.8 Å². The Hall–Kier alpha value is -2.15. The summed E-state index contributed by atoms with van der Waals surface area (Å²) >= 11 is 0. The molecular weight excluding hydrogens is 306 g/mol. The zero-order valence-electron chi connectivity index (χ0n) is 14.7. The number of carbonyl (C=O) groups excluding carboxylic acids is 1. The van der Waals surface area contributed by atoms with Crippen LogP contribution in [0.3, 0.4) is 0 Å². The number of aromatic nitrogens is 3. The molecule has 0 bridgehead atoms. The zero-order valence-corrected chi connectivity index (χ0v) is 14.7. The lowest BCUT2D eigenvalue weighted by Crippen LogP contribution is -2.42. The topological polar surface area (TPSA) is 91.5 Å². The molecule has 2 rings (SSSR count). The standard InChI is InChI=1S/C17H27N5O2/c1-11(2)15(16-21-20-14-7-5-6-8-22(14)16)19-17(24)18-10-12(3)9-13(4)23/h5-8,11-13,15,23H,9-10H2,1-4H3,(H2,18,19,24). The van der Waals surface area contributed by atoms with Gasteiger partial charge in [-0.3, -0.25) is 4.40 Å². The van der Waals surface area contributed by atoms with Crippen LogP contribution in [0.2, 0.25) is 0 Å². The van der Waals surface area contributed by atoms with Crippen molar-refractivity contribution in [3.05, 3.63) is 30.2 Å². The predicted molar refractivity (Wildman–Crippen MR) is 92.6 cm³/mol. The Morgan fingerprint density at radius 2 is 2.00 bits per heavy atom. The Kier molecular flexibility index (Phi) is 6.14. The number of aliphatic hydroxyl groups is 1. The lowest BCUT2D eigenvalue weighted by atomic mass is 10.0. The largest absolute Gasteiger partial charge is 0.393 e. The molecule has 0 spiro atoms. The minimum atomic E-state index is -0.365. The number of rotatable bonds is 7. The second-order valence-corrected chi connectivity index (χ2v) is 6.75. The fraction of sp³-hybridized carbons (Fsp3) is 0.588. The van der Waals surface area contributed by atoms with Crippen LogP contribution in [0.5, 0.6) is 0 Å². The van der Waals surface area contributed by atoms with E-state index in [2.05, 4.69) is 20.8 Å². The summed E-state index contributed by atoms with van der Waals surface area (Å²) in [5, 5.41) is 23.6. The molecule has 2 aromatic rings. The van der Waals surface area contributed by atoms with Gasteiger partial charge in [0.1, 0.15) is 0 Å². The lowest BCUT2D eigenvalue weighted by molar-refractivity contribution is 0.163. The van der Waals surface area contributed by atoms with E-state index >= 15 is 0 Å². The van der Waals surface area contributed by atoms with Gasteiger partial charge in [-0.25, -0.2) is 4.79 Å². The molecule has 2 amide bonds. The quantitative estimate of drug-likeness (QED) is 0.724. The van der Waals surface area contributed by atoms with Gasteiger partial charge in [0.05, 0.1) is 12.1 Å². The predicted octanol–water partition coefficient (Wildman–Crippen LogP) is 2.13. The molecule has 3 unspecified atom stereocenters. The minimum Gasteiger partial charge on any atom is -0.393 e. The number of amides is 2. The van der Waals surface area contributed by atoms with Gasteiger partial charge in [0.15, 0.2) is 11.5 Å². The third-order valence-electron chi connectivity index (χ3n) is 3.93. The maximum absolute atomic E-state index is 12.2. The fourth-order valence-electron chi connectivity index (χ4n) is 2.73. The van der Waals surface area contributed by atoms with Crippen LogP contribution in [-0.2, 0) is 0 Å². The van der Waals surface area contributed by atoms with Crippen LogP contribution in [0.1, 0.15) is 46.0 Å². The van der Waals surface area contributed by atoms with Crippen LogP contribution in [0.4, 0.5) is 4.79 Å². The first-order valence-electron chi connectivity index (χ1n) is 8.40. The van der Waals surface area contributed by atoms with Gasteiger partial charge in [-0.2, -0.15) is 0 Å². The van der Waals surface area contributed by atoms with E-state index in [1.54, 1.807) is 6.92 Å². The number of hydrogen-bond acceptors (Lipinski definition) is 4. The number of carbonyl (C=O) groups is 1. The van der Waals surface area contributed by atoms with Crippen molar-refractivity contribution in [1.29, 1.82) is 0 Å². The van der Waals surface area contributed by atoms with Crippen molar-refractivity contribution in [1.82, 2.24) is 25.2 Å². The molecule has 3 N–H and O–H groups in total. The summed E-state index contributed by atoms with van der Waals surface area (Å²) in [6.45, 7) is 8.33. The van der Waals surface area contributed by atoms with E-state index in [0.29, 0.717) is 18.8 Å². The van der Waals surface area contributed by atoms with E-state index in [4.69, 9.17) is 0 Å². The second-order valence-electron chi connectivity index (χ2n) is 6.75. The first-order chi connectivity index (χ1) is 11.4. The van der Waals surface area contributed by atoms with Crippen molar-refractivity contribution in [3.8, 4) is 0 Å². The van der Waals surface area contributed by atoms with E-state index in [1.165, 1.54) is 0 Å². The first kappa shape index (κ1) is 18.2. The van der Waals surface area contributed by atoms with Crippen molar-refractivity contribution < 1.29 is 9.90 Å². The number of pyridine rings is 1. The molecular formula is C17H27N5O2. The van der Waals surface area contributed by atoms with E-state index in [-0.39, 0.29) is 30.0 Å². The fourth-order valence-corrected chi connectivity index (χ4v) is 2.73. The zero-order chi connectivity index (χ0) is 17.7. The Balaban J connectivity index is 2.02. The van der Waals surface area contributed by atoms with Crippen molar-refractivity contribution in [2.45, 2.75) is 46.3 Å². The summed E-state index contributed by atoms with van der Waals surface area (Å²) in [4.78, 5) is 12.2. The molecule has 0 saturated heterocycles. The molecule has 0 aliphatic heterocycles. The number of hydrogen-bond donors (Lipinski definition) is 3. The van der Waals surface area contributed by atoms with Crippen LogP contribution in [-0.4, -0.2) is 38.4 Å². The normalized spacial score (nSPS) is 15.2. The maximum Gasteiger partial charge on any atom is 0.315 e. The molecule has 0 aromatic carbocycles. The van der Waals surface area contributed by atoms with E-state index in [1.807, 2.05) is 49.6 Å². The number of urea groups is 1. The highest BCUT2D eigenvalue weighted by molar-refractivity contribution is 5.74. The average Bonchev–Trinajstić information content (AvgIpc) is 2.93. The van der Waals surface area contributed by atoms with Gasteiger partial charge in [-0.15, -0.1) is 10.2 Å². The Bertz CT molecular complexity index is 668. The number of fused-ring (bicyclic) bond motifs is 1. The molecule has 132 valence electrons. The highest BCUT2D eigenvalue weighted by Crippen LogP contribution is 2.20. The molecule has 0 aliphatic rings. The van der Waals surface area contributed by atoms with Crippen LogP contribution in [0, 0.1) is 11.8 Å². The maximum atomic E-state index is 12.2. The molecule has 0 aliphatic carbocycles. The molecule has 2 heterocycles. The molecule has 0 fully saturated rings. The Morgan fingerprint density at radius 1 is 1.25 bits per heavy atom. The van der Waals surface area contributed by atoms with Gasteiger partial charge in [-0.1, -0.05) is 26.8 Å². The van der Waals surface area contributed by atoms with Crippen molar-refractivity contribution in [3.63, 3.8) is 0 Å². The SMILES string of the molecule is CC(O)CC(C)CNC(=O)NC(c1nnc2ccccn12)C(C)C. The van der Waals surface area contributed by atoms with E-state index < -0.39 is 0 Å². The molecule has 3 atom stereocenters. The Morgan fingerprint density at radius 3 is 2.67 bits per heavy atom. The smallest absolute Gasteiger partial charge is 0.315 e. The second kappa shape index (κ2) is 8.10. The summed E-state index contributed by atoms with van der Waals surface area (Å²) in [6, 6.07) is 5.22. The van der Waals surface area contributed by atoms with Gasteiger partial charge in [0.25, 0.3) is 0 Å². The third-order valence-corrected chi connectivity index (χ3v) is 3.93. The monoisotopic (exact) mass is 333 g/mol. The number of nitrogens with zero attached hydrogens (tertiary/aromatic N) is 3. The van der Waals surface area contributed by atoms with Crippen molar-refractivity contribution >= 4 is 11.7 Å². The highest BCUT2D eigenvalue weighted by Gasteiger charge is 2.23. The molecule has 0 radical (unpaired) electrons. The molecule has 2 aromatic heterocycles. The van der Waals surface area contributed by atoms with E-state index in [9.17, 15) is 9.90 Å². The van der Waals surface area contributed by atoms with Gasteiger partial charge in [0.2, 0.25) is 0 Å². The summed E-state index contributed by atoms with van der Waals surface area (Å²) in [7, 11) is 0. The van der Waals surface area contributed by atoms with Crippen LogP contribution in [0.15, 0.2) is 24.4 Å². The first-order valence-corrected chi connectivity index (χ1v) is 8.40. The van der Waals surface area contributed by atoms with Crippen LogP contribution in [0.25, 0.3) is 5.65 Å². The van der Waals surface area contributed by atoms with Gasteiger partial charge in [0, 0.05) is 12.7 Å². The average molecular weight is 333 g/mol. The molecule has 7 heteroatoms. The molecule has 7 nitrogen and oxygen atoms in total. The summed E-state index contributed by atoms with van der Waals surface area (Å²) in [5.41, 5.74) is 0.755. The third kappa shape index (κ3) is 4.67. The van der Waals surface area contributed by atoms with Gasteiger partial charge < -0.3 is 15.7 Å². The summed E-state index contributed by atoms with van der Waals surface area (Å²) in [6.07, 6.45) is 2.18. The minimum absolute atomic E-state index is 0.165. The van der Waals surface area contributed by atoms with Crippen LogP contribution < -0.4 is 10.6 Å². The number of nitrogens with one attached hydrogen (secondary N) is 2. The summed E-state index contributed by atoms with van der Waals surface area (Å²) < 4.78 is 1.89. The highest BCUT2D eigenvalue weighted by atomic mass is 16.3. The van der Waals surface area contributed by atoms with Gasteiger partial charge >= 0.3 is 6.03 Å². The Labute approximate surface area is 142 Å². The van der Waals surface area contributed by atoms with Crippen LogP contribution >= 0.6 is 0 Å². The lowest BCUT2D eigenvalue weighted by Gasteiger charge is -2.22. The van der Waals surface area contributed by atoms with E-state index in [0.717, 1.165) is 5.65 Å².